The maximum atomic E-state index is 10.7. The largest absolute Gasteiger partial charge is 0.379 e. The quantitative estimate of drug-likeness (QED) is 0.148. The van der Waals surface area contributed by atoms with Crippen molar-refractivity contribution < 1.29 is 47.4 Å². The molecule has 0 aromatic heterocycles. The third kappa shape index (κ3) is 31.1. The number of amides is 1. The molecule has 0 rings (SSSR count). The fourth-order valence-corrected chi connectivity index (χ4v) is 2.30. The van der Waals surface area contributed by atoms with E-state index in [1.165, 1.54) is 6.92 Å². The highest BCUT2D eigenvalue weighted by Crippen LogP contribution is 1.86. The van der Waals surface area contributed by atoms with Gasteiger partial charge in [0.05, 0.1) is 112 Å². The third-order valence-corrected chi connectivity index (χ3v) is 3.94. The van der Waals surface area contributed by atoms with Crippen molar-refractivity contribution in [3.05, 3.63) is 0 Å². The zero-order valence-electron chi connectivity index (χ0n) is 21.2. The van der Waals surface area contributed by atoms with E-state index in [1.54, 1.807) is 0 Å². The van der Waals surface area contributed by atoms with Crippen molar-refractivity contribution in [3.8, 4) is 0 Å². The molecular weight excluding hydrogens is 450 g/mol. The van der Waals surface area contributed by atoms with Gasteiger partial charge in [0.25, 0.3) is 0 Å². The highest BCUT2D eigenvalue weighted by molar-refractivity contribution is 5.72. The minimum absolute atomic E-state index is 0.0571. The summed E-state index contributed by atoms with van der Waals surface area (Å²) in [5.41, 5.74) is 0. The lowest BCUT2D eigenvalue weighted by atomic mass is 10.5. The topological polar surface area (TPSA) is 112 Å². The summed E-state index contributed by atoms with van der Waals surface area (Å²) in [6.07, 6.45) is 1.03. The van der Waals surface area contributed by atoms with Crippen molar-refractivity contribution in [3.63, 3.8) is 0 Å². The van der Waals surface area contributed by atoms with E-state index in [4.69, 9.17) is 42.6 Å². The molecule has 11 nitrogen and oxygen atoms in total. The molecule has 0 aliphatic carbocycles. The Balaban J connectivity index is 3.01. The Labute approximate surface area is 205 Å². The van der Waals surface area contributed by atoms with Gasteiger partial charge in [-0.2, -0.15) is 0 Å². The van der Waals surface area contributed by atoms with Gasteiger partial charge in [0.2, 0.25) is 5.91 Å². The lowest BCUT2D eigenvalue weighted by Gasteiger charge is -2.09. The minimum Gasteiger partial charge on any atom is -0.379 e. The molecule has 0 bridgehead atoms. The number of carbonyl (C=O) groups is 1. The lowest BCUT2D eigenvalue weighted by Crippen LogP contribution is -2.25. The van der Waals surface area contributed by atoms with Crippen LogP contribution in [0.5, 0.6) is 0 Å². The van der Waals surface area contributed by atoms with Gasteiger partial charge in [0.15, 0.2) is 0 Å². The first-order chi connectivity index (χ1) is 16.8. The Morgan fingerprint density at radius 3 is 0.912 bits per heavy atom. The highest BCUT2D eigenvalue weighted by atomic mass is 16.6. The van der Waals surface area contributed by atoms with Crippen molar-refractivity contribution in [2.45, 2.75) is 20.3 Å². The maximum absolute atomic E-state index is 10.7. The molecule has 0 aliphatic rings. The standard InChI is InChI=1S/C23H47NO10/c1-3-5-26-7-9-28-11-13-30-15-17-32-19-21-34-22-20-33-18-16-31-14-12-29-10-8-27-6-4-24-23(2)25/h3-22H2,1-2H3,(H,24,25). The summed E-state index contributed by atoms with van der Waals surface area (Å²) in [7, 11) is 0. The second-order valence-corrected chi connectivity index (χ2v) is 6.99. The summed E-state index contributed by atoms with van der Waals surface area (Å²) >= 11 is 0. The molecule has 0 aliphatic heterocycles. The highest BCUT2D eigenvalue weighted by Gasteiger charge is 1.96. The molecule has 1 N–H and O–H groups in total. The van der Waals surface area contributed by atoms with E-state index >= 15 is 0 Å². The van der Waals surface area contributed by atoms with Crippen LogP contribution >= 0.6 is 0 Å². The van der Waals surface area contributed by atoms with E-state index < -0.39 is 0 Å². The van der Waals surface area contributed by atoms with Gasteiger partial charge < -0.3 is 47.9 Å². The van der Waals surface area contributed by atoms with Crippen LogP contribution in [-0.4, -0.2) is 131 Å². The number of hydrogen-bond donors (Lipinski definition) is 1. The summed E-state index contributed by atoms with van der Waals surface area (Å²) in [6.45, 7) is 13.9. The zero-order valence-corrected chi connectivity index (χ0v) is 21.2. The van der Waals surface area contributed by atoms with Crippen LogP contribution in [0.25, 0.3) is 0 Å². The Hall–Kier alpha value is -0.890. The molecular formula is C23H47NO10. The number of carbonyl (C=O) groups excluding carboxylic acids is 1. The van der Waals surface area contributed by atoms with E-state index in [1.807, 2.05) is 0 Å². The fraction of sp³-hybridized carbons (Fsp3) is 0.957. The molecule has 0 aromatic rings. The number of ether oxygens (including phenoxy) is 9. The summed E-state index contributed by atoms with van der Waals surface area (Å²) in [5.74, 6) is -0.0571. The number of nitrogens with one attached hydrogen (secondary N) is 1. The predicted octanol–water partition coefficient (Wildman–Crippen LogP) is 0.682. The smallest absolute Gasteiger partial charge is 0.216 e. The molecule has 1 amide bonds. The van der Waals surface area contributed by atoms with E-state index in [2.05, 4.69) is 12.2 Å². The summed E-state index contributed by atoms with van der Waals surface area (Å²) < 4.78 is 48.5. The van der Waals surface area contributed by atoms with Crippen molar-refractivity contribution in [2.75, 3.05) is 125 Å². The van der Waals surface area contributed by atoms with Gasteiger partial charge >= 0.3 is 0 Å². The molecule has 0 saturated heterocycles. The predicted molar refractivity (Wildman–Crippen MR) is 126 cm³/mol. The first-order valence-electron chi connectivity index (χ1n) is 12.2. The third-order valence-electron chi connectivity index (χ3n) is 3.94. The van der Waals surface area contributed by atoms with E-state index in [0.717, 1.165) is 13.0 Å². The average Bonchev–Trinajstić information content (AvgIpc) is 2.83. The van der Waals surface area contributed by atoms with Crippen LogP contribution in [0.2, 0.25) is 0 Å². The summed E-state index contributed by atoms with van der Waals surface area (Å²) in [6, 6.07) is 0. The second kappa shape index (κ2) is 30.1. The molecule has 0 radical (unpaired) electrons. The minimum atomic E-state index is -0.0571. The molecule has 204 valence electrons. The summed E-state index contributed by atoms with van der Waals surface area (Å²) in [5, 5.41) is 2.66. The van der Waals surface area contributed by atoms with Crippen LogP contribution in [0, 0.1) is 0 Å². The van der Waals surface area contributed by atoms with Crippen LogP contribution in [0.15, 0.2) is 0 Å². The van der Waals surface area contributed by atoms with Crippen LogP contribution < -0.4 is 5.32 Å². The summed E-state index contributed by atoms with van der Waals surface area (Å²) in [4.78, 5) is 10.7. The average molecular weight is 498 g/mol. The molecule has 11 heteroatoms. The fourth-order valence-electron chi connectivity index (χ4n) is 2.30. The Morgan fingerprint density at radius 2 is 0.676 bits per heavy atom. The van der Waals surface area contributed by atoms with E-state index in [0.29, 0.717) is 119 Å². The Morgan fingerprint density at radius 1 is 0.441 bits per heavy atom. The molecule has 0 heterocycles. The Kier molecular flexibility index (Phi) is 29.4. The van der Waals surface area contributed by atoms with Crippen LogP contribution in [0.1, 0.15) is 20.3 Å². The van der Waals surface area contributed by atoms with Gasteiger partial charge in [-0.25, -0.2) is 0 Å². The molecule has 0 unspecified atom stereocenters. The first kappa shape index (κ1) is 33.1. The molecule has 0 fully saturated rings. The monoisotopic (exact) mass is 497 g/mol. The molecule has 0 spiro atoms. The van der Waals surface area contributed by atoms with Crippen LogP contribution in [0.3, 0.4) is 0 Å². The van der Waals surface area contributed by atoms with Crippen molar-refractivity contribution in [1.29, 1.82) is 0 Å². The maximum Gasteiger partial charge on any atom is 0.216 e. The van der Waals surface area contributed by atoms with E-state index in [9.17, 15) is 4.79 Å². The van der Waals surface area contributed by atoms with E-state index in [-0.39, 0.29) is 5.91 Å². The molecule has 0 atom stereocenters. The van der Waals surface area contributed by atoms with Gasteiger partial charge in [0.1, 0.15) is 0 Å². The molecule has 34 heavy (non-hydrogen) atoms. The van der Waals surface area contributed by atoms with Gasteiger partial charge in [-0.3, -0.25) is 4.79 Å². The molecule has 0 aromatic carbocycles. The van der Waals surface area contributed by atoms with Gasteiger partial charge in [-0.15, -0.1) is 0 Å². The Bertz CT molecular complexity index is 404. The van der Waals surface area contributed by atoms with Crippen LogP contribution in [-0.2, 0) is 47.4 Å². The SMILES string of the molecule is CCCOCCOCCOCCOCCOCCOCCOCCOCCOCCNC(C)=O. The number of rotatable bonds is 29. The number of hydrogen-bond acceptors (Lipinski definition) is 10. The normalized spacial score (nSPS) is 11.2. The first-order valence-corrected chi connectivity index (χ1v) is 12.2. The zero-order chi connectivity index (χ0) is 24.8. The van der Waals surface area contributed by atoms with Crippen molar-refractivity contribution >= 4 is 5.91 Å². The van der Waals surface area contributed by atoms with Crippen molar-refractivity contribution in [2.24, 2.45) is 0 Å². The van der Waals surface area contributed by atoms with Crippen molar-refractivity contribution in [1.82, 2.24) is 5.32 Å². The molecule has 0 saturated carbocycles. The van der Waals surface area contributed by atoms with Gasteiger partial charge in [0, 0.05) is 20.1 Å². The van der Waals surface area contributed by atoms with Crippen LogP contribution in [0.4, 0.5) is 0 Å². The van der Waals surface area contributed by atoms with Gasteiger partial charge in [-0.1, -0.05) is 6.92 Å². The van der Waals surface area contributed by atoms with Gasteiger partial charge in [-0.05, 0) is 6.42 Å². The second-order valence-electron chi connectivity index (χ2n) is 6.99. The lowest BCUT2D eigenvalue weighted by molar-refractivity contribution is -0.119.